The quantitative estimate of drug-likeness (QED) is 0.312. The van der Waals surface area contributed by atoms with Gasteiger partial charge in [-0.1, -0.05) is 30.4 Å². The van der Waals surface area contributed by atoms with Crippen LogP contribution in [-0.2, 0) is 14.9 Å². The van der Waals surface area contributed by atoms with Crippen molar-refractivity contribution in [2.45, 2.75) is 18.1 Å². The van der Waals surface area contributed by atoms with Crippen LogP contribution in [0.15, 0.2) is 58.2 Å². The van der Waals surface area contributed by atoms with Crippen LogP contribution in [0.5, 0.6) is 0 Å². The van der Waals surface area contributed by atoms with Gasteiger partial charge in [0.25, 0.3) is 10.1 Å². The Morgan fingerprint density at radius 2 is 1.61 bits per heavy atom. The molecule has 23 heavy (non-hydrogen) atoms. The van der Waals surface area contributed by atoms with Gasteiger partial charge < -0.3 is 22.9 Å². The van der Waals surface area contributed by atoms with Crippen LogP contribution in [0.25, 0.3) is 0 Å². The molecule has 0 aromatic carbocycles. The van der Waals surface area contributed by atoms with Crippen LogP contribution >= 0.6 is 0 Å². The minimum atomic E-state index is -4.67. The zero-order valence-electron chi connectivity index (χ0n) is 12.4. The monoisotopic (exact) mass is 338 g/mol. The van der Waals surface area contributed by atoms with Gasteiger partial charge in [-0.05, 0) is 18.6 Å². The third-order valence-corrected chi connectivity index (χ3v) is 4.69. The van der Waals surface area contributed by atoms with Gasteiger partial charge in [0.15, 0.2) is 5.78 Å². The number of nitrogens with two attached hydrogens (primary N) is 4. The number of carbonyl (C=O) groups excluding carboxylic acids is 1. The number of rotatable bonds is 2. The second-order valence-corrected chi connectivity index (χ2v) is 6.87. The lowest BCUT2D eigenvalue weighted by Gasteiger charge is -2.29. The topological polar surface area (TPSA) is 176 Å². The Labute approximate surface area is 133 Å². The summed E-state index contributed by atoms with van der Waals surface area (Å²) in [5, 5.41) is 0. The molecule has 8 nitrogen and oxygen atoms in total. The fraction of sp³-hybridized carbons (Fsp3) is 0.214. The maximum atomic E-state index is 11.7. The lowest BCUT2D eigenvalue weighted by atomic mass is 9.86. The summed E-state index contributed by atoms with van der Waals surface area (Å²) < 4.78 is 32.8. The Kier molecular flexibility index (Phi) is 3.95. The lowest BCUT2D eigenvalue weighted by Crippen LogP contribution is -2.54. The van der Waals surface area contributed by atoms with E-state index in [2.05, 4.69) is 0 Å². The highest BCUT2D eigenvalue weighted by Crippen LogP contribution is 2.33. The van der Waals surface area contributed by atoms with E-state index in [9.17, 15) is 17.8 Å². The molecule has 2 rings (SSSR count). The number of allylic oxidation sites excluding steroid dienone is 5. The van der Waals surface area contributed by atoms with Crippen molar-refractivity contribution in [1.29, 1.82) is 0 Å². The third kappa shape index (κ3) is 3.05. The average Bonchev–Trinajstić information content (AvgIpc) is 2.41. The Hall–Kier alpha value is -2.04. The van der Waals surface area contributed by atoms with E-state index >= 15 is 0 Å². The Morgan fingerprint density at radius 1 is 1.09 bits per heavy atom. The van der Waals surface area contributed by atoms with Crippen molar-refractivity contribution in [1.82, 2.24) is 0 Å². The van der Waals surface area contributed by atoms with Crippen LogP contribution in [0.1, 0.15) is 6.92 Å². The average molecular weight is 338 g/mol. The number of Topliss-reactive ketones (excluding diaryl/α,β-unsaturated/α-hetero) is 1. The van der Waals surface area contributed by atoms with Crippen molar-refractivity contribution in [2.24, 2.45) is 22.9 Å². The van der Waals surface area contributed by atoms with Crippen LogP contribution in [0.4, 0.5) is 0 Å². The van der Waals surface area contributed by atoms with Gasteiger partial charge in [-0.25, -0.2) is 0 Å². The van der Waals surface area contributed by atoms with Gasteiger partial charge in [0.05, 0.1) is 5.70 Å². The Balaban J connectivity index is 2.65. The molecule has 0 spiro atoms. The number of ketones is 1. The molecule has 0 bridgehead atoms. The fourth-order valence-electron chi connectivity index (χ4n) is 2.21. The summed E-state index contributed by atoms with van der Waals surface area (Å²) >= 11 is 0. The van der Waals surface area contributed by atoms with Gasteiger partial charge >= 0.3 is 0 Å². The highest BCUT2D eigenvalue weighted by Gasteiger charge is 2.35. The molecule has 0 atom stereocenters. The Morgan fingerprint density at radius 3 is 2.04 bits per heavy atom. The van der Waals surface area contributed by atoms with Crippen LogP contribution in [-0.4, -0.2) is 30.0 Å². The molecule has 0 radical (unpaired) electrons. The SMILES string of the molecule is CC(=O)C1(N)C=CC(=C2C=CC(N)(N)C(N)=C2S(=O)(=O)O)C=C1. The van der Waals surface area contributed by atoms with E-state index < -0.39 is 26.2 Å². The van der Waals surface area contributed by atoms with E-state index in [-0.39, 0.29) is 17.1 Å². The first-order valence-corrected chi connectivity index (χ1v) is 8.00. The summed E-state index contributed by atoms with van der Waals surface area (Å²) in [7, 11) is -4.67. The molecular formula is C14H18N4O4S. The van der Waals surface area contributed by atoms with Crippen molar-refractivity contribution in [3.8, 4) is 0 Å². The number of hydrogen-bond acceptors (Lipinski definition) is 7. The highest BCUT2D eigenvalue weighted by atomic mass is 32.2. The molecule has 9 heteroatoms. The van der Waals surface area contributed by atoms with Crippen molar-refractivity contribution in [2.75, 3.05) is 0 Å². The molecule has 0 fully saturated rings. The smallest absolute Gasteiger partial charge is 0.297 e. The summed E-state index contributed by atoms with van der Waals surface area (Å²) in [6.07, 6.45) is 8.46. The lowest BCUT2D eigenvalue weighted by molar-refractivity contribution is -0.119. The van der Waals surface area contributed by atoms with Gasteiger partial charge in [-0.3, -0.25) is 9.35 Å². The summed E-state index contributed by atoms with van der Waals surface area (Å²) in [4.78, 5) is 10.9. The zero-order valence-corrected chi connectivity index (χ0v) is 13.2. The van der Waals surface area contributed by atoms with Crippen LogP contribution in [0, 0.1) is 0 Å². The molecule has 2 aliphatic carbocycles. The molecule has 0 saturated carbocycles. The standard InChI is InChI=1S/C14H18N4O4S/c1-8(19)13(16)5-2-9(3-6-13)10-4-7-14(17,18)12(15)11(10)23(20,21)22/h2-7H,15-18H2,1H3,(H,20,21,22). The molecule has 0 aromatic heterocycles. The first-order chi connectivity index (χ1) is 10.4. The van der Waals surface area contributed by atoms with Crippen LogP contribution in [0.3, 0.4) is 0 Å². The van der Waals surface area contributed by atoms with E-state index in [0.29, 0.717) is 5.57 Å². The maximum absolute atomic E-state index is 11.7. The number of carbonyl (C=O) groups is 1. The summed E-state index contributed by atoms with van der Waals surface area (Å²) in [5.41, 5.74) is 20.1. The minimum Gasteiger partial charge on any atom is -0.398 e. The predicted molar refractivity (Wildman–Crippen MR) is 85.9 cm³/mol. The van der Waals surface area contributed by atoms with Crippen molar-refractivity contribution < 1.29 is 17.8 Å². The Bertz CT molecular complexity index is 813. The molecule has 0 amide bonds. The number of hydrogen-bond donors (Lipinski definition) is 5. The first-order valence-electron chi connectivity index (χ1n) is 6.56. The zero-order chi connectivity index (χ0) is 17.6. The second kappa shape index (κ2) is 5.25. The molecule has 9 N–H and O–H groups in total. The predicted octanol–water partition coefficient (Wildman–Crippen LogP) is -1.06. The fourth-order valence-corrected chi connectivity index (χ4v) is 3.13. The molecule has 2 aliphatic rings. The first kappa shape index (κ1) is 17.3. The molecule has 0 saturated heterocycles. The second-order valence-electron chi connectivity index (χ2n) is 5.51. The van der Waals surface area contributed by atoms with Gasteiger partial charge in [0.1, 0.15) is 16.1 Å². The summed E-state index contributed by atoms with van der Waals surface area (Å²) in [6.45, 7) is 1.34. The molecule has 0 aliphatic heterocycles. The molecule has 0 unspecified atom stereocenters. The van der Waals surface area contributed by atoms with Crippen molar-refractivity contribution >= 4 is 15.9 Å². The summed E-state index contributed by atoms with van der Waals surface area (Å²) in [5.74, 6) is -0.277. The highest BCUT2D eigenvalue weighted by molar-refractivity contribution is 7.90. The maximum Gasteiger partial charge on any atom is 0.297 e. The minimum absolute atomic E-state index is 0.106. The molecular weight excluding hydrogens is 320 g/mol. The van der Waals surface area contributed by atoms with E-state index in [1.807, 2.05) is 0 Å². The van der Waals surface area contributed by atoms with E-state index in [0.717, 1.165) is 0 Å². The van der Waals surface area contributed by atoms with Crippen LogP contribution < -0.4 is 22.9 Å². The van der Waals surface area contributed by atoms with E-state index in [4.69, 9.17) is 22.9 Å². The van der Waals surface area contributed by atoms with Gasteiger partial charge in [0.2, 0.25) is 0 Å². The van der Waals surface area contributed by atoms with Gasteiger partial charge in [0, 0.05) is 5.57 Å². The third-order valence-electron chi connectivity index (χ3n) is 3.74. The summed E-state index contributed by atoms with van der Waals surface area (Å²) in [6, 6.07) is 0. The molecule has 124 valence electrons. The normalized spacial score (nSPS) is 26.8. The van der Waals surface area contributed by atoms with Crippen molar-refractivity contribution in [3.05, 3.63) is 58.2 Å². The van der Waals surface area contributed by atoms with E-state index in [1.54, 1.807) is 0 Å². The molecule has 0 heterocycles. The largest absolute Gasteiger partial charge is 0.398 e. The van der Waals surface area contributed by atoms with Crippen LogP contribution in [0.2, 0.25) is 0 Å². The van der Waals surface area contributed by atoms with Gasteiger partial charge in [-0.15, -0.1) is 0 Å². The van der Waals surface area contributed by atoms with Crippen molar-refractivity contribution in [3.63, 3.8) is 0 Å². The molecule has 0 aromatic rings. The van der Waals surface area contributed by atoms with E-state index in [1.165, 1.54) is 43.4 Å². The van der Waals surface area contributed by atoms with Gasteiger partial charge in [-0.2, -0.15) is 8.42 Å².